The second-order valence-electron chi connectivity index (χ2n) is 7.39. The van der Waals surface area contributed by atoms with Crippen LogP contribution in [0.15, 0.2) is 0 Å². The van der Waals surface area contributed by atoms with Crippen LogP contribution in [0, 0.1) is 11.8 Å². The van der Waals surface area contributed by atoms with Gasteiger partial charge in [-0.2, -0.15) is 0 Å². The molecule has 116 valence electrons. The maximum Gasteiger partial charge on any atom is 0.225 e. The van der Waals surface area contributed by atoms with Crippen molar-refractivity contribution < 1.29 is 9.90 Å². The molecule has 0 bridgehead atoms. The van der Waals surface area contributed by atoms with Gasteiger partial charge in [0.15, 0.2) is 0 Å². The Hall–Kier alpha value is -0.610. The smallest absolute Gasteiger partial charge is 0.225 e. The Balaban J connectivity index is 1.79. The summed E-state index contributed by atoms with van der Waals surface area (Å²) >= 11 is 0. The molecular weight excluding hydrogens is 252 g/mol. The Kier molecular flexibility index (Phi) is 5.08. The highest BCUT2D eigenvalue weighted by Gasteiger charge is 2.31. The lowest BCUT2D eigenvalue weighted by molar-refractivity contribution is -0.139. The van der Waals surface area contributed by atoms with E-state index in [0.717, 1.165) is 45.4 Å². The fourth-order valence-corrected chi connectivity index (χ4v) is 3.53. The molecule has 1 unspecified atom stereocenters. The Morgan fingerprint density at radius 2 is 1.85 bits per heavy atom. The molecule has 2 aliphatic rings. The monoisotopic (exact) mass is 282 g/mol. The molecular formula is C16H30N2O2. The number of likely N-dealkylation sites (tertiary alicyclic amines) is 2. The van der Waals surface area contributed by atoms with E-state index in [4.69, 9.17) is 0 Å². The second-order valence-corrected chi connectivity index (χ2v) is 7.39. The molecule has 4 nitrogen and oxygen atoms in total. The van der Waals surface area contributed by atoms with Crippen LogP contribution in [0.5, 0.6) is 0 Å². The van der Waals surface area contributed by atoms with Crippen LogP contribution >= 0.6 is 0 Å². The summed E-state index contributed by atoms with van der Waals surface area (Å²) in [6, 6.07) is 0. The van der Waals surface area contributed by atoms with Crippen molar-refractivity contribution in [2.45, 2.75) is 52.1 Å². The maximum atomic E-state index is 12.5. The van der Waals surface area contributed by atoms with E-state index in [-0.39, 0.29) is 5.92 Å². The van der Waals surface area contributed by atoms with Gasteiger partial charge in [-0.1, -0.05) is 6.92 Å². The summed E-state index contributed by atoms with van der Waals surface area (Å²) in [5, 5.41) is 9.86. The predicted molar refractivity (Wildman–Crippen MR) is 80.4 cm³/mol. The highest BCUT2D eigenvalue weighted by molar-refractivity contribution is 5.79. The number of nitrogens with zero attached hydrogens (tertiary/aromatic N) is 2. The van der Waals surface area contributed by atoms with Crippen LogP contribution < -0.4 is 0 Å². The topological polar surface area (TPSA) is 43.8 Å². The van der Waals surface area contributed by atoms with Gasteiger partial charge in [-0.15, -0.1) is 0 Å². The van der Waals surface area contributed by atoms with E-state index in [9.17, 15) is 9.90 Å². The minimum atomic E-state index is -0.640. The largest absolute Gasteiger partial charge is 0.389 e. The summed E-state index contributed by atoms with van der Waals surface area (Å²) in [7, 11) is 0. The van der Waals surface area contributed by atoms with Crippen molar-refractivity contribution in [1.82, 2.24) is 9.80 Å². The van der Waals surface area contributed by atoms with Crippen LogP contribution in [0.2, 0.25) is 0 Å². The summed E-state index contributed by atoms with van der Waals surface area (Å²) in [5.41, 5.74) is -0.640. The molecule has 0 aromatic carbocycles. The summed E-state index contributed by atoms with van der Waals surface area (Å²) in [6.45, 7) is 10.4. The predicted octanol–water partition coefficient (Wildman–Crippen LogP) is 1.73. The number of amides is 1. The second kappa shape index (κ2) is 6.44. The van der Waals surface area contributed by atoms with Gasteiger partial charge in [-0.25, -0.2) is 0 Å². The first-order valence-electron chi connectivity index (χ1n) is 8.09. The van der Waals surface area contributed by atoms with E-state index in [0.29, 0.717) is 18.4 Å². The van der Waals surface area contributed by atoms with Gasteiger partial charge in [0.05, 0.1) is 5.60 Å². The van der Waals surface area contributed by atoms with Gasteiger partial charge in [0.25, 0.3) is 0 Å². The van der Waals surface area contributed by atoms with E-state index in [1.807, 2.05) is 13.8 Å². The minimum absolute atomic E-state index is 0.207. The van der Waals surface area contributed by atoms with Crippen molar-refractivity contribution in [2.24, 2.45) is 11.8 Å². The van der Waals surface area contributed by atoms with Crippen LogP contribution in [0.4, 0.5) is 0 Å². The third-order valence-corrected chi connectivity index (χ3v) is 4.52. The number of carbonyl (C=O) groups excluding carboxylic acids is 1. The fourth-order valence-electron chi connectivity index (χ4n) is 3.53. The SMILES string of the molecule is CC1CCCN(C(=O)C2CCN(CC(C)(C)O)CC2)C1. The number of rotatable bonds is 3. The van der Waals surface area contributed by atoms with Crippen molar-refractivity contribution in [3.8, 4) is 0 Å². The van der Waals surface area contributed by atoms with Gasteiger partial charge in [0, 0.05) is 25.6 Å². The van der Waals surface area contributed by atoms with Crippen LogP contribution in [0.3, 0.4) is 0 Å². The van der Waals surface area contributed by atoms with Gasteiger partial charge in [0.1, 0.15) is 0 Å². The van der Waals surface area contributed by atoms with Gasteiger partial charge in [-0.05, 0) is 58.5 Å². The Labute approximate surface area is 123 Å². The van der Waals surface area contributed by atoms with E-state index >= 15 is 0 Å². The number of aliphatic hydroxyl groups is 1. The number of piperidine rings is 2. The molecule has 2 rings (SSSR count). The molecule has 0 aromatic rings. The average Bonchev–Trinajstić information content (AvgIpc) is 2.37. The third-order valence-electron chi connectivity index (χ3n) is 4.52. The lowest BCUT2D eigenvalue weighted by atomic mass is 9.92. The first kappa shape index (κ1) is 15.8. The molecule has 2 saturated heterocycles. The number of hydrogen-bond donors (Lipinski definition) is 1. The lowest BCUT2D eigenvalue weighted by Crippen LogP contribution is -2.48. The van der Waals surface area contributed by atoms with Gasteiger partial charge in [-0.3, -0.25) is 4.79 Å². The maximum absolute atomic E-state index is 12.5. The van der Waals surface area contributed by atoms with Gasteiger partial charge >= 0.3 is 0 Å². The summed E-state index contributed by atoms with van der Waals surface area (Å²) in [6.07, 6.45) is 4.30. The number of β-amino-alcohol motifs (C(OH)–C–C–N with tert-alkyl or cyclic N) is 1. The standard InChI is InChI=1S/C16H30N2O2/c1-13-5-4-8-18(11-13)15(19)14-6-9-17(10-7-14)12-16(2,3)20/h13-14,20H,4-12H2,1-3H3. The minimum Gasteiger partial charge on any atom is -0.389 e. The zero-order chi connectivity index (χ0) is 14.8. The highest BCUT2D eigenvalue weighted by atomic mass is 16.3. The van der Waals surface area contributed by atoms with E-state index < -0.39 is 5.60 Å². The van der Waals surface area contributed by atoms with Crippen LogP contribution in [0.1, 0.15) is 46.5 Å². The Bertz CT molecular complexity index is 330. The summed E-state index contributed by atoms with van der Waals surface area (Å²) < 4.78 is 0. The molecule has 2 aliphatic heterocycles. The molecule has 0 aliphatic carbocycles. The molecule has 0 radical (unpaired) electrons. The Morgan fingerprint density at radius 3 is 2.40 bits per heavy atom. The number of hydrogen-bond acceptors (Lipinski definition) is 3. The zero-order valence-electron chi connectivity index (χ0n) is 13.3. The molecule has 2 fully saturated rings. The molecule has 1 amide bonds. The molecule has 2 heterocycles. The normalized spacial score (nSPS) is 26.8. The third kappa shape index (κ3) is 4.45. The average molecular weight is 282 g/mol. The quantitative estimate of drug-likeness (QED) is 0.857. The molecule has 0 saturated carbocycles. The fraction of sp³-hybridized carbons (Fsp3) is 0.938. The van der Waals surface area contributed by atoms with Crippen molar-refractivity contribution in [3.63, 3.8) is 0 Å². The first-order chi connectivity index (χ1) is 9.35. The number of carbonyl (C=O) groups is 1. The van der Waals surface area contributed by atoms with Crippen LogP contribution in [-0.4, -0.2) is 59.1 Å². The summed E-state index contributed by atoms with van der Waals surface area (Å²) in [5.74, 6) is 1.24. The summed E-state index contributed by atoms with van der Waals surface area (Å²) in [4.78, 5) is 16.9. The molecule has 0 spiro atoms. The van der Waals surface area contributed by atoms with Gasteiger partial charge in [0.2, 0.25) is 5.91 Å². The molecule has 20 heavy (non-hydrogen) atoms. The van der Waals surface area contributed by atoms with Crippen molar-refractivity contribution >= 4 is 5.91 Å². The first-order valence-corrected chi connectivity index (χ1v) is 8.09. The van der Waals surface area contributed by atoms with Crippen LogP contribution in [-0.2, 0) is 4.79 Å². The van der Waals surface area contributed by atoms with E-state index in [1.54, 1.807) is 0 Å². The van der Waals surface area contributed by atoms with E-state index in [1.165, 1.54) is 6.42 Å². The van der Waals surface area contributed by atoms with Crippen LogP contribution in [0.25, 0.3) is 0 Å². The zero-order valence-corrected chi connectivity index (χ0v) is 13.3. The molecule has 0 aromatic heterocycles. The molecule has 4 heteroatoms. The van der Waals surface area contributed by atoms with Gasteiger partial charge < -0.3 is 14.9 Å². The van der Waals surface area contributed by atoms with Crippen molar-refractivity contribution in [2.75, 3.05) is 32.7 Å². The lowest BCUT2D eigenvalue weighted by Gasteiger charge is -2.38. The molecule has 1 atom stereocenters. The Morgan fingerprint density at radius 1 is 1.20 bits per heavy atom. The van der Waals surface area contributed by atoms with E-state index in [2.05, 4.69) is 16.7 Å². The molecule has 1 N–H and O–H groups in total. The van der Waals surface area contributed by atoms with Crippen molar-refractivity contribution in [3.05, 3.63) is 0 Å². The van der Waals surface area contributed by atoms with Crippen molar-refractivity contribution in [1.29, 1.82) is 0 Å². The highest BCUT2D eigenvalue weighted by Crippen LogP contribution is 2.24.